The van der Waals surface area contributed by atoms with E-state index in [0.717, 1.165) is 12.1 Å². The second kappa shape index (κ2) is 10.0. The molecule has 1 saturated heterocycles. The van der Waals surface area contributed by atoms with Crippen molar-refractivity contribution in [2.24, 2.45) is 0 Å². The van der Waals surface area contributed by atoms with Crippen LogP contribution in [0.5, 0.6) is 0 Å². The Bertz CT molecular complexity index is 735. The number of carbonyl (C=O) groups is 2. The van der Waals surface area contributed by atoms with Crippen LogP contribution in [0.2, 0.25) is 0 Å². The molecular formula is C23H29N2O2+. The summed E-state index contributed by atoms with van der Waals surface area (Å²) in [4.78, 5) is 25.7. The van der Waals surface area contributed by atoms with Crippen molar-refractivity contribution in [2.75, 3.05) is 13.1 Å². The van der Waals surface area contributed by atoms with Gasteiger partial charge in [0.25, 0.3) is 0 Å². The summed E-state index contributed by atoms with van der Waals surface area (Å²) in [5, 5.41) is 2.91. The van der Waals surface area contributed by atoms with Crippen molar-refractivity contribution in [3.05, 3.63) is 71.3 Å². The first-order valence-corrected chi connectivity index (χ1v) is 9.97. The molecule has 3 rings (SSSR count). The third-order valence-corrected chi connectivity index (χ3v) is 5.20. The molecule has 0 radical (unpaired) electrons. The molecule has 1 heterocycles. The smallest absolute Gasteiger partial charge is 0.220 e. The van der Waals surface area contributed by atoms with E-state index in [4.69, 9.17) is 0 Å². The number of hydrogen-bond donors (Lipinski definition) is 2. The summed E-state index contributed by atoms with van der Waals surface area (Å²) in [7, 11) is 0. The summed E-state index contributed by atoms with van der Waals surface area (Å²) in [6, 6.07) is 17.6. The number of benzene rings is 2. The summed E-state index contributed by atoms with van der Waals surface area (Å²) in [5.74, 6) is -0.0727. The monoisotopic (exact) mass is 365 g/mol. The van der Waals surface area contributed by atoms with Gasteiger partial charge < -0.3 is 10.2 Å². The largest absolute Gasteiger partial charge is 0.352 e. The number of Topliss-reactive ketones (excluding diaryl/α,β-unsaturated/α-hetero) is 1. The third-order valence-electron chi connectivity index (χ3n) is 5.20. The highest BCUT2D eigenvalue weighted by Crippen LogP contribution is 2.07. The summed E-state index contributed by atoms with van der Waals surface area (Å²) >= 11 is 0. The second-order valence-corrected chi connectivity index (χ2v) is 7.37. The molecule has 2 aromatic carbocycles. The van der Waals surface area contributed by atoms with Gasteiger partial charge in [-0.3, -0.25) is 9.59 Å². The summed E-state index contributed by atoms with van der Waals surface area (Å²) < 4.78 is 0. The van der Waals surface area contributed by atoms with Crippen LogP contribution in [0.15, 0.2) is 54.6 Å². The summed E-state index contributed by atoms with van der Waals surface area (Å²) in [5.41, 5.74) is 3.11. The molecule has 0 aliphatic carbocycles. The molecule has 4 nitrogen and oxygen atoms in total. The van der Waals surface area contributed by atoms with Crippen LogP contribution in [0.4, 0.5) is 0 Å². The van der Waals surface area contributed by atoms with Crippen molar-refractivity contribution in [3.8, 4) is 0 Å². The van der Waals surface area contributed by atoms with Crippen LogP contribution in [0.3, 0.4) is 0 Å². The standard InChI is InChI=1S/C23H28N2O2/c26-22(21-7-3-1-4-8-21)13-14-23(27)24-17-19-9-11-20(12-10-19)18-25-15-5-2-6-16-25/h1,3-4,7-12H,2,5-6,13-18H2,(H,24,27)/p+1. The van der Waals surface area contributed by atoms with Gasteiger partial charge in [-0.2, -0.15) is 0 Å². The Morgan fingerprint density at radius 3 is 2.19 bits per heavy atom. The SMILES string of the molecule is O=C(CCC(=O)c1ccccc1)NCc1ccc(C[NH+]2CCCCC2)cc1. The molecule has 0 saturated carbocycles. The molecule has 1 amide bonds. The predicted molar refractivity (Wildman–Crippen MR) is 107 cm³/mol. The van der Waals surface area contributed by atoms with Crippen LogP contribution in [0.1, 0.15) is 53.6 Å². The number of likely N-dealkylation sites (tertiary alicyclic amines) is 1. The van der Waals surface area contributed by atoms with Crippen molar-refractivity contribution < 1.29 is 14.5 Å². The van der Waals surface area contributed by atoms with Crippen molar-refractivity contribution in [2.45, 2.75) is 45.2 Å². The van der Waals surface area contributed by atoms with Crippen molar-refractivity contribution in [3.63, 3.8) is 0 Å². The van der Waals surface area contributed by atoms with Gasteiger partial charge in [0.15, 0.2) is 5.78 Å². The highest BCUT2D eigenvalue weighted by atomic mass is 16.2. The van der Waals surface area contributed by atoms with Gasteiger partial charge in [-0.05, 0) is 24.8 Å². The molecule has 1 aliphatic heterocycles. The molecule has 2 N–H and O–H groups in total. The molecule has 2 aromatic rings. The van der Waals surface area contributed by atoms with Crippen LogP contribution in [-0.2, 0) is 17.9 Å². The minimum Gasteiger partial charge on any atom is -0.352 e. The molecule has 0 bridgehead atoms. The number of ketones is 1. The number of amides is 1. The zero-order valence-corrected chi connectivity index (χ0v) is 15.9. The number of rotatable bonds is 8. The van der Waals surface area contributed by atoms with E-state index in [0.29, 0.717) is 12.1 Å². The minimum atomic E-state index is -0.0823. The van der Waals surface area contributed by atoms with Gasteiger partial charge in [0.2, 0.25) is 5.91 Å². The molecule has 0 unspecified atom stereocenters. The van der Waals surface area contributed by atoms with E-state index < -0.39 is 0 Å². The molecule has 142 valence electrons. The minimum absolute atomic E-state index is 0.00955. The molecule has 4 heteroatoms. The Kier molecular flexibility index (Phi) is 7.17. The number of nitrogens with one attached hydrogen (secondary N) is 2. The molecule has 1 fully saturated rings. The van der Waals surface area contributed by atoms with Gasteiger partial charge in [-0.15, -0.1) is 0 Å². The predicted octanol–water partition coefficient (Wildman–Crippen LogP) is 2.53. The molecule has 0 aromatic heterocycles. The average molecular weight is 365 g/mol. The van der Waals surface area contributed by atoms with E-state index in [1.807, 2.05) is 18.2 Å². The van der Waals surface area contributed by atoms with Gasteiger partial charge in [0.1, 0.15) is 6.54 Å². The van der Waals surface area contributed by atoms with E-state index >= 15 is 0 Å². The van der Waals surface area contributed by atoms with Crippen molar-refractivity contribution >= 4 is 11.7 Å². The lowest BCUT2D eigenvalue weighted by Crippen LogP contribution is -3.11. The topological polar surface area (TPSA) is 50.6 Å². The summed E-state index contributed by atoms with van der Waals surface area (Å²) in [6.07, 6.45) is 4.52. The number of quaternary nitrogens is 1. The van der Waals surface area contributed by atoms with E-state index in [1.165, 1.54) is 37.9 Å². The molecule has 27 heavy (non-hydrogen) atoms. The zero-order chi connectivity index (χ0) is 18.9. The quantitative estimate of drug-likeness (QED) is 0.707. The van der Waals surface area contributed by atoms with Gasteiger partial charge in [0, 0.05) is 30.5 Å². The fourth-order valence-corrected chi connectivity index (χ4v) is 3.58. The highest BCUT2D eigenvalue weighted by molar-refractivity contribution is 5.97. The van der Waals surface area contributed by atoms with Crippen LogP contribution in [0, 0.1) is 0 Å². The fourth-order valence-electron chi connectivity index (χ4n) is 3.58. The Morgan fingerprint density at radius 2 is 1.48 bits per heavy atom. The van der Waals surface area contributed by atoms with E-state index in [1.54, 1.807) is 17.0 Å². The number of carbonyl (C=O) groups excluding carboxylic acids is 2. The fraction of sp³-hybridized carbons (Fsp3) is 0.391. The van der Waals surface area contributed by atoms with E-state index in [9.17, 15) is 9.59 Å². The molecule has 0 atom stereocenters. The third kappa shape index (κ3) is 6.33. The lowest BCUT2D eigenvalue weighted by molar-refractivity contribution is -0.918. The lowest BCUT2D eigenvalue weighted by atomic mass is 10.1. The van der Waals surface area contributed by atoms with Gasteiger partial charge in [-0.1, -0.05) is 54.6 Å². The first-order valence-electron chi connectivity index (χ1n) is 9.97. The first-order chi connectivity index (χ1) is 13.2. The molecule has 0 spiro atoms. The number of hydrogen-bond acceptors (Lipinski definition) is 2. The molecule has 1 aliphatic rings. The van der Waals surface area contributed by atoms with Gasteiger partial charge in [0.05, 0.1) is 13.1 Å². The molecular weight excluding hydrogens is 336 g/mol. The maximum absolute atomic E-state index is 12.0. The zero-order valence-electron chi connectivity index (χ0n) is 15.9. The van der Waals surface area contributed by atoms with E-state index in [-0.39, 0.29) is 24.5 Å². The normalized spacial score (nSPS) is 14.7. The average Bonchev–Trinajstić information content (AvgIpc) is 2.73. The van der Waals surface area contributed by atoms with Crippen LogP contribution >= 0.6 is 0 Å². The number of piperidine rings is 1. The summed E-state index contributed by atoms with van der Waals surface area (Å²) in [6.45, 7) is 4.16. The van der Waals surface area contributed by atoms with Crippen LogP contribution in [0.25, 0.3) is 0 Å². The van der Waals surface area contributed by atoms with Crippen LogP contribution in [-0.4, -0.2) is 24.8 Å². The van der Waals surface area contributed by atoms with Crippen LogP contribution < -0.4 is 10.2 Å². The maximum Gasteiger partial charge on any atom is 0.220 e. The lowest BCUT2D eigenvalue weighted by Gasteiger charge is -2.23. The second-order valence-electron chi connectivity index (χ2n) is 7.37. The van der Waals surface area contributed by atoms with Crippen molar-refractivity contribution in [1.82, 2.24) is 5.32 Å². The Labute approximate surface area is 161 Å². The Balaban J connectivity index is 1.39. The Morgan fingerprint density at radius 1 is 0.815 bits per heavy atom. The van der Waals surface area contributed by atoms with Crippen molar-refractivity contribution in [1.29, 1.82) is 0 Å². The maximum atomic E-state index is 12.0. The van der Waals surface area contributed by atoms with Gasteiger partial charge >= 0.3 is 0 Å². The van der Waals surface area contributed by atoms with E-state index in [2.05, 4.69) is 29.6 Å². The highest BCUT2D eigenvalue weighted by Gasteiger charge is 2.13. The Hall–Kier alpha value is -2.46. The van der Waals surface area contributed by atoms with Gasteiger partial charge in [-0.25, -0.2) is 0 Å². The first kappa shape index (κ1) is 19.3.